The Kier molecular flexibility index (Phi) is 10.2. The molecule has 1 heterocycles. The van der Waals surface area contributed by atoms with Crippen molar-refractivity contribution < 1.29 is 9.26 Å². The molecule has 0 unspecified atom stereocenters. The van der Waals surface area contributed by atoms with Gasteiger partial charge in [-0.15, -0.1) is 9.78 Å². The Labute approximate surface area is 163 Å². The molecule has 0 aliphatic heterocycles. The average molecular weight is 372 g/mol. The lowest BCUT2D eigenvalue weighted by molar-refractivity contribution is -0.00589. The second-order valence-corrected chi connectivity index (χ2v) is 5.08. The number of hydrogen-bond acceptors (Lipinski definition) is 6. The van der Waals surface area contributed by atoms with Crippen molar-refractivity contribution in [2.75, 3.05) is 0 Å². The fourth-order valence-corrected chi connectivity index (χ4v) is 1.85. The Morgan fingerprint density at radius 2 is 1.00 bits per heavy atom. The van der Waals surface area contributed by atoms with Crippen LogP contribution in [0.2, 0.25) is 0 Å². The number of fused-ring (bicyclic) bond motifs is 1. The molecule has 0 aliphatic carbocycles. The molecule has 0 atom stereocenters. The molecule has 0 saturated carbocycles. The third-order valence-electron chi connectivity index (χ3n) is 3.08. The van der Waals surface area contributed by atoms with E-state index in [1.54, 1.807) is 12.1 Å². The van der Waals surface area contributed by atoms with Crippen LogP contribution in [0.3, 0.4) is 0 Å². The molecule has 0 saturated heterocycles. The van der Waals surface area contributed by atoms with Crippen LogP contribution in [0.1, 0.15) is 0 Å². The molecule has 1 aromatic carbocycles. The van der Waals surface area contributed by atoms with Gasteiger partial charge in [0.25, 0.3) is 0 Å². The van der Waals surface area contributed by atoms with Crippen LogP contribution in [-0.2, 0) is 0 Å². The van der Waals surface area contributed by atoms with Gasteiger partial charge in [0, 0.05) is 10.6 Å². The van der Waals surface area contributed by atoms with Crippen molar-refractivity contribution in [1.82, 2.24) is 20.8 Å². The summed E-state index contributed by atoms with van der Waals surface area (Å²) in [5.74, 6) is 0. The Bertz CT molecular complexity index is 931. The Balaban J connectivity index is 2.42. The van der Waals surface area contributed by atoms with E-state index in [0.717, 1.165) is 5.39 Å². The van der Waals surface area contributed by atoms with Gasteiger partial charge < -0.3 is 0 Å². The maximum absolute atomic E-state index is 5.12. The van der Waals surface area contributed by atoms with Gasteiger partial charge >= 0.3 is 0 Å². The molecule has 6 heteroatoms. The smallest absolute Gasteiger partial charge is 0.188 e. The van der Waals surface area contributed by atoms with Gasteiger partial charge in [0.05, 0.1) is 11.5 Å². The Morgan fingerprint density at radius 3 is 1.64 bits per heavy atom. The van der Waals surface area contributed by atoms with Crippen LogP contribution in [0.5, 0.6) is 0 Å². The van der Waals surface area contributed by atoms with Gasteiger partial charge in [-0.05, 0) is 17.3 Å². The van der Waals surface area contributed by atoms with Crippen LogP contribution in [0.25, 0.3) is 11.0 Å². The number of benzene rings is 1. The number of nitrogens with zero attached hydrogens (tertiary/aromatic N) is 4. The Morgan fingerprint density at radius 1 is 0.500 bits per heavy atom. The van der Waals surface area contributed by atoms with E-state index in [1.165, 1.54) is 6.20 Å². The monoisotopic (exact) mass is 372 g/mol. The molecule has 0 N–H and O–H groups in total. The van der Waals surface area contributed by atoms with E-state index in [0.29, 0.717) is 5.58 Å². The van der Waals surface area contributed by atoms with E-state index in [-0.39, 0.29) is 0 Å². The molecule has 0 radical (unpaired) electrons. The fraction of sp³-hybridized carbons (Fsp3) is 0. The van der Waals surface area contributed by atoms with Crippen LogP contribution >= 0.6 is 0 Å². The van der Waals surface area contributed by atoms with E-state index in [1.807, 2.05) is 103 Å². The van der Waals surface area contributed by atoms with Gasteiger partial charge in [-0.2, -0.15) is 0 Å². The molecule has 2 aromatic rings. The highest BCUT2D eigenvalue weighted by atomic mass is 17.0. The number of hydrogen-bond donors (Lipinski definition) is 0. The molecule has 0 bridgehead atoms. The quantitative estimate of drug-likeness (QED) is 0.589. The summed E-state index contributed by atoms with van der Waals surface area (Å²) >= 11 is 0. The SMILES string of the molecule is c1ccccccccc2ccccc2oonnnnccccccc1. The predicted molar refractivity (Wildman–Crippen MR) is 108 cm³/mol. The van der Waals surface area contributed by atoms with Gasteiger partial charge in [-0.3, -0.25) is 4.58 Å². The molecule has 0 spiro atoms. The zero-order valence-corrected chi connectivity index (χ0v) is 15.2. The van der Waals surface area contributed by atoms with E-state index >= 15 is 0 Å². The van der Waals surface area contributed by atoms with Gasteiger partial charge in [0.15, 0.2) is 5.58 Å². The first-order valence-electron chi connectivity index (χ1n) is 8.53. The van der Waals surface area contributed by atoms with Crippen LogP contribution < -0.4 is 0 Å². The van der Waals surface area contributed by atoms with Gasteiger partial charge in [0.2, 0.25) is 0 Å². The van der Waals surface area contributed by atoms with Crippen molar-refractivity contribution in [3.05, 3.63) is 121 Å². The lowest BCUT2D eigenvalue weighted by atomic mass is 10.2. The lowest BCUT2D eigenvalue weighted by Gasteiger charge is -1.86. The van der Waals surface area contributed by atoms with Gasteiger partial charge in [-0.1, -0.05) is 103 Å². The molecule has 0 amide bonds. The van der Waals surface area contributed by atoms with Crippen LogP contribution in [0.4, 0.5) is 0 Å². The molecule has 6 nitrogen and oxygen atoms in total. The third-order valence-corrected chi connectivity index (χ3v) is 3.08. The first-order chi connectivity index (χ1) is 14.0. The zero-order valence-electron chi connectivity index (χ0n) is 15.2. The van der Waals surface area contributed by atoms with Crippen molar-refractivity contribution >= 4 is 11.0 Å². The van der Waals surface area contributed by atoms with Gasteiger partial charge in [0.1, 0.15) is 0 Å². The summed E-state index contributed by atoms with van der Waals surface area (Å²) in [4.78, 5) is 0. The molecule has 0 aliphatic rings. The molecule has 1 aromatic heterocycles. The minimum absolute atomic E-state index is 0.501. The average Bonchev–Trinajstić information content (AvgIpc) is 2.72. The summed E-state index contributed by atoms with van der Waals surface area (Å²) in [6.45, 7) is 0. The summed E-state index contributed by atoms with van der Waals surface area (Å²) in [5, 5.41) is 14.6. The Hall–Kier alpha value is -4.06. The maximum Gasteiger partial charge on any atom is 0.188 e. The molecular formula is C22H20N4O2. The van der Waals surface area contributed by atoms with Crippen molar-refractivity contribution in [2.45, 2.75) is 0 Å². The summed E-state index contributed by atoms with van der Waals surface area (Å²) in [5.41, 5.74) is 0.501. The first kappa shape index (κ1) is 20.3. The standard InChI is InChI=1S/C22H20N4O2/c1-2-4-6-8-10-12-16-20-23-24-25-26-28-27-22-19-15-14-18-21(22)17-13-11-9-7-5-3-1/h1-20H. The first-order valence-corrected chi connectivity index (χ1v) is 8.53. The molecule has 28 heavy (non-hydrogen) atoms. The molecule has 0 fully saturated rings. The van der Waals surface area contributed by atoms with Crippen molar-refractivity contribution in [3.8, 4) is 0 Å². The van der Waals surface area contributed by atoms with Crippen LogP contribution in [-0.4, -0.2) is 20.8 Å². The van der Waals surface area contributed by atoms with E-state index in [4.69, 9.17) is 4.58 Å². The summed E-state index contributed by atoms with van der Waals surface area (Å²) in [6.07, 6.45) is 1.47. The molecule has 2 rings (SSSR count). The van der Waals surface area contributed by atoms with E-state index in [9.17, 15) is 0 Å². The topological polar surface area (TPSA) is 77.8 Å². The van der Waals surface area contributed by atoms with Crippen LogP contribution in [0, 0.1) is 0 Å². The predicted octanol–water partition coefficient (Wildman–Crippen LogP) is 5.23. The minimum atomic E-state index is 0.501. The van der Waals surface area contributed by atoms with Crippen molar-refractivity contribution in [1.29, 1.82) is 0 Å². The van der Waals surface area contributed by atoms with Crippen molar-refractivity contribution in [2.24, 2.45) is 0 Å². The number of aromatic nitrogens is 4. The normalized spacial score (nSPS) is 8.71. The highest BCUT2D eigenvalue weighted by Gasteiger charge is 1.87. The number of rotatable bonds is 0. The summed E-state index contributed by atoms with van der Waals surface area (Å²) in [7, 11) is 0. The second-order valence-electron chi connectivity index (χ2n) is 5.08. The minimum Gasteiger partial charge on any atom is -0.265 e. The molecule has 140 valence electrons. The van der Waals surface area contributed by atoms with E-state index < -0.39 is 0 Å². The van der Waals surface area contributed by atoms with E-state index in [2.05, 4.69) is 25.5 Å². The largest absolute Gasteiger partial charge is 0.265 e. The maximum atomic E-state index is 5.12. The summed E-state index contributed by atoms with van der Waals surface area (Å²) in [6, 6.07) is 35.9. The number of para-hydroxylation sites is 1. The highest BCUT2D eigenvalue weighted by Crippen LogP contribution is 2.08. The van der Waals surface area contributed by atoms with Crippen molar-refractivity contribution in [3.63, 3.8) is 0 Å². The molecular weight excluding hydrogens is 352 g/mol. The fourth-order valence-electron chi connectivity index (χ4n) is 1.85. The highest BCUT2D eigenvalue weighted by molar-refractivity contribution is 5.74. The zero-order chi connectivity index (χ0) is 19.5. The third kappa shape index (κ3) is 9.43. The lowest BCUT2D eigenvalue weighted by Crippen LogP contribution is -1.79. The second kappa shape index (κ2) is 14.1. The summed E-state index contributed by atoms with van der Waals surface area (Å²) < 4.78 is 9.80. The van der Waals surface area contributed by atoms with Gasteiger partial charge in [-0.25, -0.2) is 0 Å². The van der Waals surface area contributed by atoms with Crippen LogP contribution in [0.15, 0.2) is 131 Å².